The number of alkyl halides is 2. The molecular weight excluding hydrogens is 248 g/mol. The van der Waals surface area contributed by atoms with Gasteiger partial charge in [0.15, 0.2) is 5.69 Å². The van der Waals surface area contributed by atoms with E-state index in [1.54, 1.807) is 0 Å². The predicted molar refractivity (Wildman–Crippen MR) is 45.1 cm³/mol. The Kier molecular flexibility index (Phi) is 3.02. The van der Waals surface area contributed by atoms with Crippen LogP contribution in [0, 0.1) is 0 Å². The van der Waals surface area contributed by atoms with E-state index in [0.29, 0.717) is 4.47 Å². The third kappa shape index (κ3) is 2.06. The molecule has 0 fully saturated rings. The molecule has 6 heteroatoms. The predicted octanol–water partition coefficient (Wildman–Crippen LogP) is 2.50. The normalized spacial score (nSPS) is 10.5. The molecule has 0 aliphatic heterocycles. The number of hydrogen-bond donors (Lipinski definition) is 1. The molecule has 0 aromatic carbocycles. The first-order valence-electron chi connectivity index (χ1n) is 3.27. The molecule has 0 aliphatic carbocycles. The van der Waals surface area contributed by atoms with E-state index in [1.807, 2.05) is 0 Å². The van der Waals surface area contributed by atoms with Gasteiger partial charge in [-0.2, -0.15) is 0 Å². The fraction of sp³-hybridized carbons (Fsp3) is 0.286. The van der Waals surface area contributed by atoms with E-state index in [4.69, 9.17) is 5.11 Å². The summed E-state index contributed by atoms with van der Waals surface area (Å²) in [4.78, 5) is 3.42. The zero-order chi connectivity index (χ0) is 10.0. The van der Waals surface area contributed by atoms with Crippen LogP contribution in [0.4, 0.5) is 8.78 Å². The number of aromatic hydroxyl groups is 1. The number of nitrogens with zero attached hydrogens (tertiary/aromatic N) is 1. The zero-order valence-electron chi connectivity index (χ0n) is 6.59. The topological polar surface area (TPSA) is 42.4 Å². The van der Waals surface area contributed by atoms with E-state index in [9.17, 15) is 8.78 Å². The highest BCUT2D eigenvalue weighted by molar-refractivity contribution is 9.10. The van der Waals surface area contributed by atoms with Gasteiger partial charge in [0.25, 0.3) is 6.43 Å². The number of hydrogen-bond acceptors (Lipinski definition) is 3. The van der Waals surface area contributed by atoms with Crippen molar-refractivity contribution in [3.8, 4) is 11.6 Å². The van der Waals surface area contributed by atoms with Crippen LogP contribution in [0.1, 0.15) is 12.1 Å². The van der Waals surface area contributed by atoms with Gasteiger partial charge in [-0.1, -0.05) is 0 Å². The van der Waals surface area contributed by atoms with Crippen molar-refractivity contribution in [3.63, 3.8) is 0 Å². The van der Waals surface area contributed by atoms with Gasteiger partial charge >= 0.3 is 0 Å². The van der Waals surface area contributed by atoms with E-state index >= 15 is 0 Å². The highest BCUT2D eigenvalue weighted by atomic mass is 79.9. The van der Waals surface area contributed by atoms with Gasteiger partial charge in [-0.25, -0.2) is 13.8 Å². The van der Waals surface area contributed by atoms with Gasteiger partial charge in [-0.05, 0) is 15.9 Å². The lowest BCUT2D eigenvalue weighted by atomic mass is 10.3. The number of methoxy groups -OCH3 is 1. The molecule has 0 atom stereocenters. The van der Waals surface area contributed by atoms with E-state index < -0.39 is 17.9 Å². The van der Waals surface area contributed by atoms with Crippen LogP contribution >= 0.6 is 15.9 Å². The van der Waals surface area contributed by atoms with E-state index in [1.165, 1.54) is 7.11 Å². The van der Waals surface area contributed by atoms with Crippen molar-refractivity contribution in [1.82, 2.24) is 4.98 Å². The van der Waals surface area contributed by atoms with E-state index in [-0.39, 0.29) is 5.88 Å². The van der Waals surface area contributed by atoms with Gasteiger partial charge in [0.1, 0.15) is 5.75 Å². The maximum Gasteiger partial charge on any atom is 0.284 e. The van der Waals surface area contributed by atoms with Crippen molar-refractivity contribution in [1.29, 1.82) is 0 Å². The first-order chi connectivity index (χ1) is 6.06. The van der Waals surface area contributed by atoms with Crippen molar-refractivity contribution >= 4 is 15.9 Å². The maximum absolute atomic E-state index is 12.2. The average Bonchev–Trinajstić information content (AvgIpc) is 2.03. The van der Waals surface area contributed by atoms with Crippen molar-refractivity contribution in [3.05, 3.63) is 16.2 Å². The number of ether oxygens (including phenoxy) is 1. The first-order valence-corrected chi connectivity index (χ1v) is 4.07. The van der Waals surface area contributed by atoms with Gasteiger partial charge in [-0.15, -0.1) is 0 Å². The van der Waals surface area contributed by atoms with Crippen LogP contribution in [-0.2, 0) is 0 Å². The molecule has 0 saturated carbocycles. The zero-order valence-corrected chi connectivity index (χ0v) is 8.18. The Morgan fingerprint density at radius 3 is 2.69 bits per heavy atom. The molecule has 3 nitrogen and oxygen atoms in total. The smallest absolute Gasteiger partial charge is 0.284 e. The molecule has 0 radical (unpaired) electrons. The van der Waals surface area contributed by atoms with Crippen molar-refractivity contribution in [2.24, 2.45) is 0 Å². The fourth-order valence-corrected chi connectivity index (χ4v) is 1.25. The van der Waals surface area contributed by atoms with Crippen LogP contribution < -0.4 is 4.74 Å². The number of rotatable bonds is 2. The maximum atomic E-state index is 12.2. The molecule has 0 spiro atoms. The Balaban J connectivity index is 3.22. The molecule has 1 N–H and O–H groups in total. The van der Waals surface area contributed by atoms with Crippen LogP contribution in [0.3, 0.4) is 0 Å². The molecule has 1 heterocycles. The summed E-state index contributed by atoms with van der Waals surface area (Å²) in [5.41, 5.74) is -0.681. The molecule has 1 rings (SSSR count). The van der Waals surface area contributed by atoms with Crippen LogP contribution in [-0.4, -0.2) is 17.2 Å². The summed E-state index contributed by atoms with van der Waals surface area (Å²) >= 11 is 3.00. The summed E-state index contributed by atoms with van der Waals surface area (Å²) in [6.45, 7) is 0. The Morgan fingerprint density at radius 1 is 1.62 bits per heavy atom. The summed E-state index contributed by atoms with van der Waals surface area (Å²) in [5, 5.41) is 9.05. The summed E-state index contributed by atoms with van der Waals surface area (Å²) in [6.07, 6.45) is -2.82. The molecule has 0 saturated heterocycles. The van der Waals surface area contributed by atoms with Gasteiger partial charge in [0.05, 0.1) is 11.6 Å². The Bertz CT molecular complexity index is 320. The molecule has 0 aliphatic rings. The summed E-state index contributed by atoms with van der Waals surface area (Å²) in [5.74, 6) is -0.532. The minimum absolute atomic E-state index is 0.0214. The summed E-state index contributed by atoms with van der Waals surface area (Å²) < 4.78 is 29.4. The Hall–Kier alpha value is -0.910. The monoisotopic (exact) mass is 253 g/mol. The Morgan fingerprint density at radius 2 is 2.23 bits per heavy atom. The number of halogens is 3. The van der Waals surface area contributed by atoms with Crippen LogP contribution in [0.5, 0.6) is 11.6 Å². The fourth-order valence-electron chi connectivity index (χ4n) is 0.780. The average molecular weight is 254 g/mol. The van der Waals surface area contributed by atoms with Gasteiger partial charge < -0.3 is 9.84 Å². The number of pyridine rings is 1. The lowest BCUT2D eigenvalue weighted by molar-refractivity contribution is 0.140. The SMILES string of the molecule is COc1nc(C(F)F)c(O)cc1Br. The second kappa shape index (κ2) is 3.87. The molecule has 1 aromatic rings. The third-order valence-electron chi connectivity index (χ3n) is 1.35. The second-order valence-electron chi connectivity index (χ2n) is 2.18. The van der Waals surface area contributed by atoms with E-state index in [2.05, 4.69) is 25.7 Å². The standard InChI is InChI=1S/C7H6BrF2NO2/c1-13-7-3(8)2-4(12)5(11-7)6(9)10/h2,6,12H,1H3. The molecule has 13 heavy (non-hydrogen) atoms. The molecular formula is C7H6BrF2NO2. The summed E-state index contributed by atoms with van der Waals surface area (Å²) in [6, 6.07) is 1.12. The van der Waals surface area contributed by atoms with Gasteiger partial charge in [0.2, 0.25) is 5.88 Å². The Labute approximate surface area is 81.5 Å². The van der Waals surface area contributed by atoms with Gasteiger partial charge in [0, 0.05) is 6.07 Å². The molecule has 0 unspecified atom stereocenters. The molecule has 1 aromatic heterocycles. The molecule has 72 valence electrons. The van der Waals surface area contributed by atoms with Crippen molar-refractivity contribution in [2.45, 2.75) is 6.43 Å². The largest absolute Gasteiger partial charge is 0.506 e. The highest BCUT2D eigenvalue weighted by Crippen LogP contribution is 2.33. The third-order valence-corrected chi connectivity index (χ3v) is 1.92. The van der Waals surface area contributed by atoms with Gasteiger partial charge in [-0.3, -0.25) is 0 Å². The molecule has 0 amide bonds. The van der Waals surface area contributed by atoms with Crippen LogP contribution in [0.15, 0.2) is 10.5 Å². The van der Waals surface area contributed by atoms with Crippen LogP contribution in [0.25, 0.3) is 0 Å². The quantitative estimate of drug-likeness (QED) is 0.881. The minimum Gasteiger partial charge on any atom is -0.506 e. The lowest BCUT2D eigenvalue weighted by Gasteiger charge is -2.06. The van der Waals surface area contributed by atoms with Crippen LogP contribution in [0.2, 0.25) is 0 Å². The highest BCUT2D eigenvalue weighted by Gasteiger charge is 2.17. The van der Waals surface area contributed by atoms with Crippen molar-refractivity contribution < 1.29 is 18.6 Å². The summed E-state index contributed by atoms with van der Waals surface area (Å²) in [7, 11) is 1.30. The minimum atomic E-state index is -2.82. The van der Waals surface area contributed by atoms with Crippen molar-refractivity contribution in [2.75, 3.05) is 7.11 Å². The lowest BCUT2D eigenvalue weighted by Crippen LogP contribution is -1.95. The van der Waals surface area contributed by atoms with E-state index in [0.717, 1.165) is 6.07 Å². The molecule has 0 bridgehead atoms. The number of aromatic nitrogens is 1. The first kappa shape index (κ1) is 10.2. The second-order valence-corrected chi connectivity index (χ2v) is 3.04.